The lowest BCUT2D eigenvalue weighted by atomic mass is 10.1. The summed E-state index contributed by atoms with van der Waals surface area (Å²) >= 11 is 0. The van der Waals surface area contributed by atoms with Gasteiger partial charge in [-0.15, -0.1) is 0 Å². The zero-order chi connectivity index (χ0) is 22.6. The van der Waals surface area contributed by atoms with Crippen molar-refractivity contribution in [2.24, 2.45) is 11.5 Å². The summed E-state index contributed by atoms with van der Waals surface area (Å²) < 4.78 is 0. The Morgan fingerprint density at radius 1 is 0.897 bits per heavy atom. The highest BCUT2D eigenvalue weighted by molar-refractivity contribution is 5.94. The van der Waals surface area contributed by atoms with Gasteiger partial charge < -0.3 is 42.7 Å². The van der Waals surface area contributed by atoms with Crippen molar-refractivity contribution in [3.05, 3.63) is 0 Å². The van der Waals surface area contributed by atoms with Gasteiger partial charge in [0.1, 0.15) is 18.1 Å². The highest BCUT2D eigenvalue weighted by atomic mass is 16.4. The standard InChI is InChI=1S/C16H29N5O8/c1-8(19-14(26)9(18)6-12(23)24)13(25)21-11(7-22)15(27)20-10(16(28)29)4-2-3-5-17/h8-11,22H,2-7,17-18H2,1H3,(H,19,26)(H,20,27)(H,21,25)(H,23,24)(H,28,29). The molecule has 166 valence electrons. The molecular formula is C16H29N5O8. The Kier molecular flexibility index (Phi) is 12.1. The largest absolute Gasteiger partial charge is 0.481 e. The van der Waals surface area contributed by atoms with Crippen LogP contribution in [0.2, 0.25) is 0 Å². The molecule has 10 N–H and O–H groups in total. The predicted octanol–water partition coefficient (Wildman–Crippen LogP) is -3.53. The van der Waals surface area contributed by atoms with E-state index in [0.717, 1.165) is 0 Å². The van der Waals surface area contributed by atoms with Crippen molar-refractivity contribution < 1.29 is 39.3 Å². The Hall–Kier alpha value is -2.77. The molecule has 13 heteroatoms. The van der Waals surface area contributed by atoms with Crippen LogP contribution in [0.3, 0.4) is 0 Å². The molecule has 4 unspecified atom stereocenters. The molecule has 0 saturated heterocycles. The smallest absolute Gasteiger partial charge is 0.326 e. The zero-order valence-electron chi connectivity index (χ0n) is 16.1. The van der Waals surface area contributed by atoms with Gasteiger partial charge in [-0.2, -0.15) is 0 Å². The van der Waals surface area contributed by atoms with Crippen molar-refractivity contribution in [3.63, 3.8) is 0 Å². The maximum absolute atomic E-state index is 12.2. The molecule has 0 bridgehead atoms. The van der Waals surface area contributed by atoms with Crippen LogP contribution in [0.25, 0.3) is 0 Å². The number of hydrogen-bond acceptors (Lipinski definition) is 8. The number of nitrogens with one attached hydrogen (secondary N) is 3. The van der Waals surface area contributed by atoms with Crippen LogP contribution in [-0.2, 0) is 24.0 Å². The lowest BCUT2D eigenvalue weighted by molar-refractivity contribution is -0.142. The summed E-state index contributed by atoms with van der Waals surface area (Å²) in [6.07, 6.45) is 0.519. The van der Waals surface area contributed by atoms with Gasteiger partial charge in [0.05, 0.1) is 19.1 Å². The first kappa shape index (κ1) is 26.2. The van der Waals surface area contributed by atoms with Crippen LogP contribution in [0.5, 0.6) is 0 Å². The summed E-state index contributed by atoms with van der Waals surface area (Å²) in [5, 5.41) is 33.7. The Labute approximate surface area is 167 Å². The van der Waals surface area contributed by atoms with Gasteiger partial charge in [-0.25, -0.2) is 4.79 Å². The van der Waals surface area contributed by atoms with E-state index in [2.05, 4.69) is 16.0 Å². The lowest BCUT2D eigenvalue weighted by Gasteiger charge is -2.22. The summed E-state index contributed by atoms with van der Waals surface area (Å²) in [5.41, 5.74) is 10.7. The minimum atomic E-state index is -1.45. The number of aliphatic hydroxyl groups excluding tert-OH is 1. The van der Waals surface area contributed by atoms with E-state index in [0.29, 0.717) is 19.4 Å². The monoisotopic (exact) mass is 419 g/mol. The summed E-state index contributed by atoms with van der Waals surface area (Å²) in [6.45, 7) is 0.821. The van der Waals surface area contributed by atoms with E-state index in [-0.39, 0.29) is 6.42 Å². The fourth-order valence-electron chi connectivity index (χ4n) is 2.18. The number of hydrogen-bond donors (Lipinski definition) is 8. The summed E-state index contributed by atoms with van der Waals surface area (Å²) in [7, 11) is 0. The fraction of sp³-hybridized carbons (Fsp3) is 0.688. The third-order valence-electron chi connectivity index (χ3n) is 3.86. The number of nitrogens with two attached hydrogens (primary N) is 2. The topological polar surface area (TPSA) is 234 Å². The number of carbonyl (C=O) groups is 5. The molecule has 13 nitrogen and oxygen atoms in total. The SMILES string of the molecule is CC(NC(=O)C(N)CC(=O)O)C(=O)NC(CO)C(=O)NC(CCCCN)C(=O)O. The van der Waals surface area contributed by atoms with E-state index in [4.69, 9.17) is 21.7 Å². The molecule has 29 heavy (non-hydrogen) atoms. The normalized spacial score (nSPS) is 14.8. The van der Waals surface area contributed by atoms with Gasteiger partial charge in [-0.1, -0.05) is 0 Å². The average molecular weight is 419 g/mol. The minimum absolute atomic E-state index is 0.123. The van der Waals surface area contributed by atoms with Crippen LogP contribution < -0.4 is 27.4 Å². The number of unbranched alkanes of at least 4 members (excludes halogenated alkanes) is 1. The molecule has 0 rings (SSSR count). The molecule has 0 spiro atoms. The van der Waals surface area contributed by atoms with Gasteiger partial charge in [-0.3, -0.25) is 19.2 Å². The maximum atomic E-state index is 12.2. The Balaban J connectivity index is 4.78. The van der Waals surface area contributed by atoms with Gasteiger partial charge in [0, 0.05) is 0 Å². The van der Waals surface area contributed by atoms with Gasteiger partial charge in [0.2, 0.25) is 17.7 Å². The van der Waals surface area contributed by atoms with E-state index >= 15 is 0 Å². The van der Waals surface area contributed by atoms with Gasteiger partial charge >= 0.3 is 11.9 Å². The fourth-order valence-corrected chi connectivity index (χ4v) is 2.18. The molecule has 0 saturated carbocycles. The van der Waals surface area contributed by atoms with E-state index < -0.39 is 66.9 Å². The van der Waals surface area contributed by atoms with Crippen molar-refractivity contribution in [2.75, 3.05) is 13.2 Å². The molecule has 3 amide bonds. The first-order chi connectivity index (χ1) is 13.5. The molecule has 0 radical (unpaired) electrons. The molecular weight excluding hydrogens is 390 g/mol. The second kappa shape index (κ2) is 13.4. The number of carboxylic acid groups (broad SMARTS) is 2. The van der Waals surface area contributed by atoms with E-state index in [1.807, 2.05) is 0 Å². The number of carboxylic acids is 2. The Morgan fingerprint density at radius 2 is 1.48 bits per heavy atom. The first-order valence-electron chi connectivity index (χ1n) is 8.95. The van der Waals surface area contributed by atoms with Crippen molar-refractivity contribution in [1.29, 1.82) is 0 Å². The molecule has 0 aromatic heterocycles. The molecule has 0 aromatic rings. The van der Waals surface area contributed by atoms with Crippen LogP contribution in [0.15, 0.2) is 0 Å². The van der Waals surface area contributed by atoms with Crippen LogP contribution in [0.4, 0.5) is 0 Å². The number of rotatable bonds is 14. The molecule has 0 aliphatic rings. The minimum Gasteiger partial charge on any atom is -0.481 e. The van der Waals surface area contributed by atoms with Gasteiger partial charge in [0.25, 0.3) is 0 Å². The Bertz CT molecular complexity index is 600. The van der Waals surface area contributed by atoms with Crippen LogP contribution in [0.1, 0.15) is 32.6 Å². The van der Waals surface area contributed by atoms with Crippen LogP contribution in [-0.4, -0.2) is 82.3 Å². The molecule has 0 aromatic carbocycles. The number of aliphatic carboxylic acids is 2. The second-order valence-corrected chi connectivity index (χ2v) is 6.36. The summed E-state index contributed by atoms with van der Waals surface area (Å²) in [6, 6.07) is -5.23. The Morgan fingerprint density at radius 3 is 1.97 bits per heavy atom. The zero-order valence-corrected chi connectivity index (χ0v) is 16.1. The van der Waals surface area contributed by atoms with Crippen molar-refractivity contribution in [3.8, 4) is 0 Å². The van der Waals surface area contributed by atoms with Gasteiger partial charge in [0.15, 0.2) is 0 Å². The third-order valence-corrected chi connectivity index (χ3v) is 3.86. The molecule has 0 fully saturated rings. The molecule has 0 heterocycles. The molecule has 4 atom stereocenters. The average Bonchev–Trinajstić information content (AvgIpc) is 2.63. The molecule has 0 aliphatic carbocycles. The van der Waals surface area contributed by atoms with Crippen LogP contribution >= 0.6 is 0 Å². The van der Waals surface area contributed by atoms with E-state index in [1.54, 1.807) is 0 Å². The van der Waals surface area contributed by atoms with Crippen molar-refractivity contribution >= 4 is 29.7 Å². The molecule has 0 aliphatic heterocycles. The summed E-state index contributed by atoms with van der Waals surface area (Å²) in [4.78, 5) is 57.8. The highest BCUT2D eigenvalue weighted by Gasteiger charge is 2.28. The van der Waals surface area contributed by atoms with Crippen molar-refractivity contribution in [2.45, 2.75) is 56.8 Å². The van der Waals surface area contributed by atoms with E-state index in [1.165, 1.54) is 6.92 Å². The number of carbonyl (C=O) groups excluding carboxylic acids is 3. The maximum Gasteiger partial charge on any atom is 0.326 e. The predicted molar refractivity (Wildman–Crippen MR) is 99.3 cm³/mol. The second-order valence-electron chi connectivity index (χ2n) is 6.36. The quantitative estimate of drug-likeness (QED) is 0.129. The highest BCUT2D eigenvalue weighted by Crippen LogP contribution is 2.02. The van der Waals surface area contributed by atoms with Crippen molar-refractivity contribution in [1.82, 2.24) is 16.0 Å². The van der Waals surface area contributed by atoms with E-state index in [9.17, 15) is 29.1 Å². The van der Waals surface area contributed by atoms with Gasteiger partial charge in [-0.05, 0) is 32.7 Å². The first-order valence-corrected chi connectivity index (χ1v) is 8.95. The number of amides is 3. The van der Waals surface area contributed by atoms with Crippen LogP contribution in [0, 0.1) is 0 Å². The number of aliphatic hydroxyl groups is 1. The summed E-state index contributed by atoms with van der Waals surface area (Å²) in [5.74, 6) is -5.22. The lowest BCUT2D eigenvalue weighted by Crippen LogP contribution is -2.57. The third kappa shape index (κ3) is 10.4.